The van der Waals surface area contributed by atoms with Crippen molar-refractivity contribution in [1.29, 1.82) is 0 Å². The highest BCUT2D eigenvalue weighted by Crippen LogP contribution is 2.22. The number of hydrogen-bond donors (Lipinski definition) is 3. The van der Waals surface area contributed by atoms with Crippen molar-refractivity contribution >= 4 is 22.5 Å². The van der Waals surface area contributed by atoms with Gasteiger partial charge in [-0.05, 0) is 30.7 Å². The number of aromatic hydroxyl groups is 1. The number of aromatic amines is 1. The summed E-state index contributed by atoms with van der Waals surface area (Å²) in [4.78, 5) is 15.3. The number of hydrazone groups is 1. The fraction of sp³-hybridized carbons (Fsp3) is 0.111. The number of nitrogens with zero attached hydrogens (tertiary/aromatic N) is 1. The SMILES string of the molecule is C/C(Cc1ccccc1)=N/NC(=O)c1c[nH]c2ccc(O)cc12. The van der Waals surface area contributed by atoms with Gasteiger partial charge in [-0.2, -0.15) is 5.10 Å². The zero-order valence-corrected chi connectivity index (χ0v) is 12.7. The summed E-state index contributed by atoms with van der Waals surface area (Å²) >= 11 is 0. The van der Waals surface area contributed by atoms with Gasteiger partial charge in [-0.25, -0.2) is 5.43 Å². The third-order valence-electron chi connectivity index (χ3n) is 3.56. The molecule has 3 rings (SSSR count). The smallest absolute Gasteiger partial charge is 0.273 e. The fourth-order valence-electron chi connectivity index (χ4n) is 2.43. The molecular weight excluding hydrogens is 290 g/mol. The van der Waals surface area contributed by atoms with Crippen LogP contribution in [-0.2, 0) is 6.42 Å². The number of aromatic nitrogens is 1. The van der Waals surface area contributed by atoms with E-state index in [1.165, 1.54) is 0 Å². The largest absolute Gasteiger partial charge is 0.508 e. The van der Waals surface area contributed by atoms with E-state index in [2.05, 4.69) is 15.5 Å². The highest BCUT2D eigenvalue weighted by molar-refractivity contribution is 6.07. The highest BCUT2D eigenvalue weighted by Gasteiger charge is 2.12. The standard InChI is InChI=1S/C18H17N3O2/c1-12(9-13-5-3-2-4-6-13)20-21-18(23)16-11-19-17-8-7-14(22)10-15(16)17/h2-8,10-11,19,22H,9H2,1H3,(H,21,23)/b20-12-. The zero-order chi connectivity index (χ0) is 16.2. The summed E-state index contributed by atoms with van der Waals surface area (Å²) in [5, 5.41) is 14.4. The third-order valence-corrected chi connectivity index (χ3v) is 3.56. The van der Waals surface area contributed by atoms with Crippen molar-refractivity contribution in [3.63, 3.8) is 0 Å². The minimum Gasteiger partial charge on any atom is -0.508 e. The molecule has 1 heterocycles. The van der Waals surface area contributed by atoms with E-state index < -0.39 is 0 Å². The van der Waals surface area contributed by atoms with Gasteiger partial charge < -0.3 is 10.1 Å². The van der Waals surface area contributed by atoms with Crippen LogP contribution in [0, 0.1) is 0 Å². The molecule has 0 aliphatic heterocycles. The van der Waals surface area contributed by atoms with Gasteiger partial charge in [0.05, 0.1) is 5.56 Å². The summed E-state index contributed by atoms with van der Waals surface area (Å²) in [6.07, 6.45) is 2.29. The van der Waals surface area contributed by atoms with Crippen molar-refractivity contribution in [2.75, 3.05) is 0 Å². The van der Waals surface area contributed by atoms with Gasteiger partial charge >= 0.3 is 0 Å². The molecule has 0 fully saturated rings. The van der Waals surface area contributed by atoms with Crippen molar-refractivity contribution < 1.29 is 9.90 Å². The number of phenolic OH excluding ortho intramolecular Hbond substituents is 1. The number of benzene rings is 2. The van der Waals surface area contributed by atoms with Crippen LogP contribution < -0.4 is 5.43 Å². The highest BCUT2D eigenvalue weighted by atomic mass is 16.3. The van der Waals surface area contributed by atoms with E-state index in [4.69, 9.17) is 0 Å². The minimum atomic E-state index is -0.311. The lowest BCUT2D eigenvalue weighted by Crippen LogP contribution is -2.19. The predicted molar refractivity (Wildman–Crippen MR) is 90.7 cm³/mol. The Morgan fingerprint density at radius 1 is 1.22 bits per heavy atom. The molecular formula is C18H17N3O2. The Morgan fingerprint density at radius 2 is 2.00 bits per heavy atom. The lowest BCUT2D eigenvalue weighted by molar-refractivity contribution is 0.0956. The predicted octanol–water partition coefficient (Wildman–Crippen LogP) is 3.22. The van der Waals surface area contributed by atoms with Gasteiger partial charge in [-0.15, -0.1) is 0 Å². The Labute approximate surface area is 133 Å². The van der Waals surface area contributed by atoms with E-state index in [1.54, 1.807) is 24.4 Å². The first-order valence-electron chi connectivity index (χ1n) is 7.31. The molecule has 1 amide bonds. The van der Waals surface area contributed by atoms with Gasteiger partial charge in [0.25, 0.3) is 5.91 Å². The molecule has 2 aromatic carbocycles. The second-order valence-corrected chi connectivity index (χ2v) is 5.38. The molecule has 0 aliphatic rings. The van der Waals surface area contributed by atoms with Crippen LogP contribution in [0.15, 0.2) is 59.8 Å². The lowest BCUT2D eigenvalue weighted by atomic mass is 10.1. The van der Waals surface area contributed by atoms with Crippen molar-refractivity contribution in [1.82, 2.24) is 10.4 Å². The number of phenols is 1. The Bertz CT molecular complexity index is 866. The summed E-state index contributed by atoms with van der Waals surface area (Å²) in [5.74, 6) is -0.191. The van der Waals surface area contributed by atoms with Crippen LogP contribution in [0.2, 0.25) is 0 Å². The van der Waals surface area contributed by atoms with E-state index in [0.29, 0.717) is 17.4 Å². The number of nitrogens with one attached hydrogen (secondary N) is 2. The van der Waals surface area contributed by atoms with E-state index in [1.807, 2.05) is 37.3 Å². The number of rotatable bonds is 4. The van der Waals surface area contributed by atoms with E-state index in [-0.39, 0.29) is 11.7 Å². The molecule has 0 bridgehead atoms. The van der Waals surface area contributed by atoms with Gasteiger partial charge in [-0.1, -0.05) is 30.3 Å². The van der Waals surface area contributed by atoms with Gasteiger partial charge in [0.15, 0.2) is 0 Å². The molecule has 0 atom stereocenters. The molecule has 23 heavy (non-hydrogen) atoms. The monoisotopic (exact) mass is 307 g/mol. The maximum atomic E-state index is 12.3. The van der Waals surface area contributed by atoms with E-state index >= 15 is 0 Å². The number of carbonyl (C=O) groups is 1. The minimum absolute atomic E-state index is 0.120. The third kappa shape index (κ3) is 3.40. The number of fused-ring (bicyclic) bond motifs is 1. The van der Waals surface area contributed by atoms with Crippen LogP contribution >= 0.6 is 0 Å². The summed E-state index contributed by atoms with van der Waals surface area (Å²) in [7, 11) is 0. The Hall–Kier alpha value is -3.08. The normalized spacial score (nSPS) is 11.6. The van der Waals surface area contributed by atoms with Crippen LogP contribution in [0.25, 0.3) is 10.9 Å². The molecule has 0 spiro atoms. The van der Waals surface area contributed by atoms with Crippen LogP contribution in [0.4, 0.5) is 0 Å². The maximum Gasteiger partial charge on any atom is 0.273 e. The van der Waals surface area contributed by atoms with Gasteiger partial charge in [0.1, 0.15) is 5.75 Å². The first-order valence-corrected chi connectivity index (χ1v) is 7.31. The molecule has 5 heteroatoms. The molecule has 0 radical (unpaired) electrons. The molecule has 116 valence electrons. The topological polar surface area (TPSA) is 77.5 Å². The van der Waals surface area contributed by atoms with Crippen LogP contribution in [0.1, 0.15) is 22.8 Å². The molecule has 0 aliphatic carbocycles. The zero-order valence-electron chi connectivity index (χ0n) is 12.7. The van der Waals surface area contributed by atoms with Crippen LogP contribution in [0.5, 0.6) is 5.75 Å². The van der Waals surface area contributed by atoms with Crippen molar-refractivity contribution in [2.45, 2.75) is 13.3 Å². The quantitative estimate of drug-likeness (QED) is 0.511. The molecule has 5 nitrogen and oxygen atoms in total. The molecule has 0 saturated heterocycles. The average molecular weight is 307 g/mol. The molecule has 0 unspecified atom stereocenters. The summed E-state index contributed by atoms with van der Waals surface area (Å²) in [6.45, 7) is 1.87. The molecule has 3 N–H and O–H groups in total. The first-order chi connectivity index (χ1) is 11.1. The van der Waals surface area contributed by atoms with Crippen LogP contribution in [-0.4, -0.2) is 21.7 Å². The van der Waals surface area contributed by atoms with Crippen molar-refractivity contribution in [3.05, 3.63) is 65.9 Å². The average Bonchev–Trinajstić information content (AvgIpc) is 2.96. The second-order valence-electron chi connectivity index (χ2n) is 5.38. The second kappa shape index (κ2) is 6.36. The van der Waals surface area contributed by atoms with Crippen LogP contribution in [0.3, 0.4) is 0 Å². The van der Waals surface area contributed by atoms with Gasteiger partial charge in [-0.3, -0.25) is 4.79 Å². The number of carbonyl (C=O) groups excluding carboxylic acids is 1. The van der Waals surface area contributed by atoms with Crippen molar-refractivity contribution in [2.24, 2.45) is 5.10 Å². The molecule has 3 aromatic rings. The first kappa shape index (κ1) is 14.8. The van der Waals surface area contributed by atoms with E-state index in [0.717, 1.165) is 16.8 Å². The summed E-state index contributed by atoms with van der Waals surface area (Å²) < 4.78 is 0. The number of hydrogen-bond acceptors (Lipinski definition) is 3. The Balaban J connectivity index is 1.73. The summed E-state index contributed by atoms with van der Waals surface area (Å²) in [5.41, 5.74) is 5.76. The molecule has 1 aromatic heterocycles. The molecule has 0 saturated carbocycles. The fourth-order valence-corrected chi connectivity index (χ4v) is 2.43. The van der Waals surface area contributed by atoms with Crippen molar-refractivity contribution in [3.8, 4) is 5.75 Å². The van der Waals surface area contributed by atoms with Gasteiger partial charge in [0, 0.05) is 29.2 Å². The number of H-pyrrole nitrogens is 1. The van der Waals surface area contributed by atoms with Gasteiger partial charge in [0.2, 0.25) is 0 Å². The lowest BCUT2D eigenvalue weighted by Gasteiger charge is -2.03. The maximum absolute atomic E-state index is 12.3. The Kier molecular flexibility index (Phi) is 4.10. The van der Waals surface area contributed by atoms with E-state index in [9.17, 15) is 9.90 Å². The number of amides is 1. The summed E-state index contributed by atoms with van der Waals surface area (Å²) in [6, 6.07) is 14.8. The Morgan fingerprint density at radius 3 is 2.78 bits per heavy atom.